The summed E-state index contributed by atoms with van der Waals surface area (Å²) in [6.45, 7) is 10.2. The fourth-order valence-corrected chi connectivity index (χ4v) is 6.37. The van der Waals surface area contributed by atoms with Gasteiger partial charge in [0.15, 0.2) is 5.78 Å². The third-order valence-corrected chi connectivity index (χ3v) is 8.58. The highest BCUT2D eigenvalue weighted by molar-refractivity contribution is 6.47. The second-order valence-electron chi connectivity index (χ2n) is 10.7. The van der Waals surface area contributed by atoms with Gasteiger partial charge in [0.1, 0.15) is 0 Å². The molecular formula is C22H36BNO4. The van der Waals surface area contributed by atoms with E-state index in [9.17, 15) is 9.59 Å². The molecule has 0 aromatic carbocycles. The molecule has 2 bridgehead atoms. The van der Waals surface area contributed by atoms with Gasteiger partial charge in [-0.05, 0) is 56.3 Å². The van der Waals surface area contributed by atoms with Gasteiger partial charge in [-0.2, -0.15) is 0 Å². The maximum atomic E-state index is 12.8. The van der Waals surface area contributed by atoms with Crippen LogP contribution in [-0.2, 0) is 18.9 Å². The Kier molecular flexibility index (Phi) is 5.19. The number of amides is 1. The highest BCUT2D eigenvalue weighted by Crippen LogP contribution is 2.66. The van der Waals surface area contributed by atoms with Gasteiger partial charge in [-0.25, -0.2) is 0 Å². The van der Waals surface area contributed by atoms with E-state index in [-0.39, 0.29) is 36.3 Å². The lowest BCUT2D eigenvalue weighted by molar-refractivity contribution is -0.199. The zero-order valence-corrected chi connectivity index (χ0v) is 18.1. The number of ketones is 1. The average molecular weight is 389 g/mol. The molecule has 4 aliphatic carbocycles. The monoisotopic (exact) mass is 389 g/mol. The Morgan fingerprint density at radius 3 is 2.50 bits per heavy atom. The Morgan fingerprint density at radius 1 is 1.21 bits per heavy atom. The van der Waals surface area contributed by atoms with Crippen LogP contribution in [0.5, 0.6) is 0 Å². The van der Waals surface area contributed by atoms with E-state index >= 15 is 0 Å². The Labute approximate surface area is 169 Å². The Bertz CT molecular complexity index is 648. The SMILES string of the molecule is CC(=O)NC(C)C(=O)C[C@@H](CC1CCC1)B1O[C@@H]2C[C@@H]3C[C@@H](C3(C)C)[C@]2(C)O1. The van der Waals surface area contributed by atoms with E-state index in [2.05, 4.69) is 26.1 Å². The summed E-state index contributed by atoms with van der Waals surface area (Å²) in [6, 6.07) is -0.451. The normalized spacial score (nSPS) is 38.0. The average Bonchev–Trinajstić information content (AvgIpc) is 2.92. The first-order chi connectivity index (χ1) is 13.1. The van der Waals surface area contributed by atoms with Crippen molar-refractivity contribution in [1.82, 2.24) is 5.32 Å². The van der Waals surface area contributed by atoms with E-state index in [0.717, 1.165) is 18.8 Å². The summed E-state index contributed by atoms with van der Waals surface area (Å²) >= 11 is 0. The van der Waals surface area contributed by atoms with E-state index in [0.29, 0.717) is 23.7 Å². The zero-order valence-electron chi connectivity index (χ0n) is 18.1. The number of carbonyl (C=O) groups excluding carboxylic acids is 2. The molecule has 28 heavy (non-hydrogen) atoms. The van der Waals surface area contributed by atoms with Gasteiger partial charge in [-0.1, -0.05) is 33.1 Å². The topological polar surface area (TPSA) is 64.6 Å². The maximum Gasteiger partial charge on any atom is 0.461 e. The number of nitrogens with one attached hydrogen (secondary N) is 1. The molecule has 0 radical (unpaired) electrons. The molecule has 0 spiro atoms. The van der Waals surface area contributed by atoms with Crippen molar-refractivity contribution in [3.63, 3.8) is 0 Å². The van der Waals surface area contributed by atoms with Gasteiger partial charge in [0.05, 0.1) is 17.7 Å². The predicted molar refractivity (Wildman–Crippen MR) is 109 cm³/mol. The van der Waals surface area contributed by atoms with Crippen molar-refractivity contribution < 1.29 is 18.9 Å². The van der Waals surface area contributed by atoms with E-state index in [1.807, 2.05) is 0 Å². The van der Waals surface area contributed by atoms with Gasteiger partial charge >= 0.3 is 7.12 Å². The molecule has 6 atom stereocenters. The Balaban J connectivity index is 1.46. The molecule has 6 heteroatoms. The lowest BCUT2D eigenvalue weighted by Crippen LogP contribution is -2.65. The van der Waals surface area contributed by atoms with Crippen molar-refractivity contribution >= 4 is 18.8 Å². The molecule has 1 saturated heterocycles. The molecular weight excluding hydrogens is 353 g/mol. The van der Waals surface area contributed by atoms with Crippen molar-refractivity contribution in [1.29, 1.82) is 0 Å². The number of hydrogen-bond acceptors (Lipinski definition) is 4. The molecule has 5 fully saturated rings. The van der Waals surface area contributed by atoms with Crippen LogP contribution in [-0.4, -0.2) is 36.6 Å². The van der Waals surface area contributed by atoms with Crippen LogP contribution in [0.1, 0.15) is 79.6 Å². The molecule has 4 saturated carbocycles. The molecule has 1 aliphatic heterocycles. The minimum Gasteiger partial charge on any atom is -0.405 e. The second kappa shape index (κ2) is 7.12. The second-order valence-corrected chi connectivity index (χ2v) is 10.7. The molecule has 0 aromatic rings. The van der Waals surface area contributed by atoms with Crippen LogP contribution >= 0.6 is 0 Å². The van der Waals surface area contributed by atoms with Crippen molar-refractivity contribution in [2.45, 2.75) is 103 Å². The molecule has 5 aliphatic rings. The van der Waals surface area contributed by atoms with E-state index < -0.39 is 6.04 Å². The first kappa shape index (κ1) is 20.4. The first-order valence-electron chi connectivity index (χ1n) is 11.2. The van der Waals surface area contributed by atoms with Crippen LogP contribution in [0.2, 0.25) is 5.82 Å². The third kappa shape index (κ3) is 3.34. The van der Waals surface area contributed by atoms with Crippen LogP contribution < -0.4 is 5.32 Å². The minimum absolute atomic E-state index is 0.0800. The smallest absolute Gasteiger partial charge is 0.405 e. The number of carbonyl (C=O) groups is 2. The number of Topliss-reactive ketones (excluding diaryl/α,β-unsaturated/α-hetero) is 1. The molecule has 1 unspecified atom stereocenters. The van der Waals surface area contributed by atoms with Gasteiger partial charge in [-0.15, -0.1) is 0 Å². The summed E-state index contributed by atoms with van der Waals surface area (Å²) in [5, 5.41) is 2.73. The standard InChI is InChI=1S/C22H36BNO4/c1-13(24-14(2)25)18(26)12-17(9-15-7-6-8-15)23-27-20-11-16-10-19(21(16,3)4)22(20,5)28-23/h13,15-17,19-20H,6-12H2,1-5H3,(H,24,25)/t13?,16-,17+,19-,20+,22-/m0/s1. The largest absolute Gasteiger partial charge is 0.461 e. The summed E-state index contributed by atoms with van der Waals surface area (Å²) < 4.78 is 13.2. The van der Waals surface area contributed by atoms with Gasteiger partial charge in [-0.3, -0.25) is 9.59 Å². The van der Waals surface area contributed by atoms with Gasteiger partial charge in [0, 0.05) is 19.2 Å². The number of hydrogen-bond donors (Lipinski definition) is 1. The Hall–Kier alpha value is -0.875. The van der Waals surface area contributed by atoms with Crippen LogP contribution in [0.25, 0.3) is 0 Å². The summed E-state index contributed by atoms with van der Waals surface area (Å²) in [7, 11) is -0.292. The minimum atomic E-state index is -0.451. The molecule has 1 amide bonds. The van der Waals surface area contributed by atoms with Crippen molar-refractivity contribution in [2.75, 3.05) is 0 Å². The molecule has 156 valence electrons. The predicted octanol–water partition coefficient (Wildman–Crippen LogP) is 3.76. The van der Waals surface area contributed by atoms with Gasteiger partial charge in [0.25, 0.3) is 0 Å². The lowest BCUT2D eigenvalue weighted by atomic mass is 9.43. The Morgan fingerprint density at radius 2 is 1.93 bits per heavy atom. The van der Waals surface area contributed by atoms with Crippen molar-refractivity contribution in [2.24, 2.45) is 23.2 Å². The van der Waals surface area contributed by atoms with E-state index in [4.69, 9.17) is 9.31 Å². The molecule has 0 aromatic heterocycles. The highest BCUT2D eigenvalue weighted by Gasteiger charge is 2.68. The highest BCUT2D eigenvalue weighted by atomic mass is 16.7. The third-order valence-electron chi connectivity index (χ3n) is 8.58. The molecule has 1 N–H and O–H groups in total. The molecule has 5 rings (SSSR count). The van der Waals surface area contributed by atoms with E-state index in [1.165, 1.54) is 32.6 Å². The molecule has 1 heterocycles. The number of rotatable bonds is 7. The van der Waals surface area contributed by atoms with Crippen LogP contribution in [0.4, 0.5) is 0 Å². The summed E-state index contributed by atoms with van der Waals surface area (Å²) in [5.41, 5.74) is 0.0930. The fraction of sp³-hybridized carbons (Fsp3) is 0.909. The fourth-order valence-electron chi connectivity index (χ4n) is 6.37. The maximum absolute atomic E-state index is 12.8. The first-order valence-corrected chi connectivity index (χ1v) is 11.2. The lowest BCUT2D eigenvalue weighted by Gasteiger charge is -2.64. The quantitative estimate of drug-likeness (QED) is 0.674. The van der Waals surface area contributed by atoms with Crippen LogP contribution in [0.3, 0.4) is 0 Å². The summed E-state index contributed by atoms with van der Waals surface area (Å²) in [5.74, 6) is 1.94. The van der Waals surface area contributed by atoms with Crippen molar-refractivity contribution in [3.8, 4) is 0 Å². The van der Waals surface area contributed by atoms with Gasteiger partial charge < -0.3 is 14.6 Å². The van der Waals surface area contributed by atoms with Gasteiger partial charge in [0.2, 0.25) is 5.91 Å². The summed E-state index contributed by atoms with van der Waals surface area (Å²) in [4.78, 5) is 24.1. The van der Waals surface area contributed by atoms with Crippen LogP contribution in [0, 0.1) is 23.2 Å². The molecule has 5 nitrogen and oxygen atoms in total. The zero-order chi connectivity index (χ0) is 20.3. The van der Waals surface area contributed by atoms with E-state index in [1.54, 1.807) is 6.92 Å². The van der Waals surface area contributed by atoms with Crippen LogP contribution in [0.15, 0.2) is 0 Å². The van der Waals surface area contributed by atoms with Crippen molar-refractivity contribution in [3.05, 3.63) is 0 Å². The summed E-state index contributed by atoms with van der Waals surface area (Å²) in [6.07, 6.45) is 7.66.